The number of H-pyrrole nitrogens is 1. The summed E-state index contributed by atoms with van der Waals surface area (Å²) in [5.74, 6) is -0.0532. The monoisotopic (exact) mass is 387 g/mol. The molecule has 134 valence electrons. The number of benzene rings is 2. The van der Waals surface area contributed by atoms with Crippen molar-refractivity contribution in [3.63, 3.8) is 0 Å². The average Bonchev–Trinajstić information content (AvgIpc) is 2.99. The van der Waals surface area contributed by atoms with Crippen LogP contribution in [0.1, 0.15) is 22.8 Å². The number of thioether (sulfide) groups is 1. The fourth-order valence-electron chi connectivity index (χ4n) is 2.56. The molecule has 0 spiro atoms. The first kappa shape index (κ1) is 18.5. The lowest BCUT2D eigenvalue weighted by molar-refractivity contribution is 0.0994. The van der Waals surface area contributed by atoms with Gasteiger partial charge in [-0.15, -0.1) is 5.10 Å². The molecule has 1 aromatic heterocycles. The summed E-state index contributed by atoms with van der Waals surface area (Å²) in [4.78, 5) is 24.7. The summed E-state index contributed by atoms with van der Waals surface area (Å²) in [5, 5.41) is 7.18. The van der Waals surface area contributed by atoms with Gasteiger partial charge in [-0.2, -0.15) is 0 Å². The Morgan fingerprint density at radius 2 is 2.00 bits per heavy atom. The maximum Gasteiger partial charge on any atom is 0.343 e. The molecule has 0 amide bonds. The van der Waals surface area contributed by atoms with Crippen LogP contribution in [0.5, 0.6) is 0 Å². The van der Waals surface area contributed by atoms with Crippen LogP contribution in [-0.2, 0) is 13.0 Å². The Balaban J connectivity index is 1.72. The highest BCUT2D eigenvalue weighted by atomic mass is 35.5. The SMILES string of the molecule is C[C@@H](Sc1n[nH]c(=O)n1CCc1ccccc1)C(=O)c1cccc(Cl)c1. The predicted octanol–water partition coefficient (Wildman–Crippen LogP) is 3.83. The normalized spacial score (nSPS) is 12.1. The zero-order chi connectivity index (χ0) is 18.5. The number of nitrogens with one attached hydrogen (secondary N) is 1. The van der Waals surface area contributed by atoms with E-state index >= 15 is 0 Å². The molecule has 2 aromatic carbocycles. The number of Topliss-reactive ketones (excluding diaryl/α,β-unsaturated/α-hetero) is 1. The van der Waals surface area contributed by atoms with Crippen molar-refractivity contribution < 1.29 is 4.79 Å². The number of carbonyl (C=O) groups excluding carboxylic acids is 1. The number of rotatable bonds is 7. The van der Waals surface area contributed by atoms with Crippen molar-refractivity contribution >= 4 is 29.1 Å². The summed E-state index contributed by atoms with van der Waals surface area (Å²) in [6.45, 7) is 2.30. The Hall–Kier alpha value is -2.31. The first-order valence-corrected chi connectivity index (χ1v) is 9.46. The minimum Gasteiger partial charge on any atom is -0.293 e. The zero-order valence-electron chi connectivity index (χ0n) is 14.2. The second kappa shape index (κ2) is 8.38. The van der Waals surface area contributed by atoms with E-state index in [1.165, 1.54) is 11.8 Å². The maximum absolute atomic E-state index is 12.6. The lowest BCUT2D eigenvalue weighted by Gasteiger charge is -2.11. The summed E-state index contributed by atoms with van der Waals surface area (Å²) in [6, 6.07) is 16.8. The molecule has 0 radical (unpaired) electrons. The van der Waals surface area contributed by atoms with Crippen LogP contribution in [-0.4, -0.2) is 25.8 Å². The molecule has 26 heavy (non-hydrogen) atoms. The highest BCUT2D eigenvalue weighted by Gasteiger charge is 2.20. The lowest BCUT2D eigenvalue weighted by Crippen LogP contribution is -2.20. The summed E-state index contributed by atoms with van der Waals surface area (Å²) in [7, 11) is 0. The number of aromatic amines is 1. The van der Waals surface area contributed by atoms with E-state index in [0.29, 0.717) is 28.7 Å². The molecule has 0 saturated heterocycles. The van der Waals surface area contributed by atoms with Gasteiger partial charge in [0.25, 0.3) is 0 Å². The highest BCUT2D eigenvalue weighted by molar-refractivity contribution is 8.00. The van der Waals surface area contributed by atoms with Gasteiger partial charge < -0.3 is 0 Å². The Morgan fingerprint density at radius 1 is 1.23 bits per heavy atom. The fourth-order valence-corrected chi connectivity index (χ4v) is 3.71. The van der Waals surface area contributed by atoms with Crippen molar-refractivity contribution in [2.45, 2.75) is 30.3 Å². The van der Waals surface area contributed by atoms with Gasteiger partial charge in [-0.05, 0) is 31.0 Å². The number of hydrogen-bond acceptors (Lipinski definition) is 4. The van der Waals surface area contributed by atoms with E-state index < -0.39 is 0 Å². The van der Waals surface area contributed by atoms with Gasteiger partial charge in [-0.1, -0.05) is 65.8 Å². The van der Waals surface area contributed by atoms with Gasteiger partial charge in [0.15, 0.2) is 10.9 Å². The number of hydrogen-bond donors (Lipinski definition) is 1. The van der Waals surface area contributed by atoms with Gasteiger partial charge in [0.1, 0.15) is 0 Å². The van der Waals surface area contributed by atoms with Crippen molar-refractivity contribution in [2.75, 3.05) is 0 Å². The topological polar surface area (TPSA) is 67.8 Å². The molecule has 1 N–H and O–H groups in total. The van der Waals surface area contributed by atoms with Crippen molar-refractivity contribution in [1.82, 2.24) is 14.8 Å². The average molecular weight is 388 g/mol. The smallest absolute Gasteiger partial charge is 0.293 e. The molecule has 0 saturated carbocycles. The number of aromatic nitrogens is 3. The molecule has 3 rings (SSSR count). The van der Waals surface area contributed by atoms with Crippen LogP contribution in [0.2, 0.25) is 5.02 Å². The van der Waals surface area contributed by atoms with Gasteiger partial charge in [0.2, 0.25) is 0 Å². The third kappa shape index (κ3) is 4.45. The number of carbonyl (C=O) groups is 1. The number of halogens is 1. The minimum atomic E-state index is -0.390. The number of ketones is 1. The summed E-state index contributed by atoms with van der Waals surface area (Å²) >= 11 is 7.22. The Morgan fingerprint density at radius 3 is 2.73 bits per heavy atom. The van der Waals surface area contributed by atoms with E-state index in [-0.39, 0.29) is 16.7 Å². The van der Waals surface area contributed by atoms with Crippen molar-refractivity contribution in [3.8, 4) is 0 Å². The molecule has 1 heterocycles. The van der Waals surface area contributed by atoms with E-state index in [2.05, 4.69) is 10.2 Å². The quantitative estimate of drug-likeness (QED) is 0.494. The Kier molecular flexibility index (Phi) is 5.96. The first-order valence-electron chi connectivity index (χ1n) is 8.20. The van der Waals surface area contributed by atoms with E-state index in [0.717, 1.165) is 5.56 Å². The molecule has 3 aromatic rings. The van der Waals surface area contributed by atoms with Crippen LogP contribution < -0.4 is 5.69 Å². The summed E-state index contributed by atoms with van der Waals surface area (Å²) in [6.07, 6.45) is 0.713. The van der Waals surface area contributed by atoms with Gasteiger partial charge in [-0.25, -0.2) is 9.89 Å². The third-order valence-electron chi connectivity index (χ3n) is 3.95. The first-order chi connectivity index (χ1) is 12.5. The van der Waals surface area contributed by atoms with Crippen LogP contribution in [0.25, 0.3) is 0 Å². The van der Waals surface area contributed by atoms with Crippen molar-refractivity contribution in [2.24, 2.45) is 0 Å². The molecule has 0 aliphatic heterocycles. The van der Waals surface area contributed by atoms with Crippen LogP contribution in [0.3, 0.4) is 0 Å². The van der Waals surface area contributed by atoms with Crippen LogP contribution >= 0.6 is 23.4 Å². The van der Waals surface area contributed by atoms with Gasteiger partial charge in [-0.3, -0.25) is 9.36 Å². The highest BCUT2D eigenvalue weighted by Crippen LogP contribution is 2.24. The third-order valence-corrected chi connectivity index (χ3v) is 5.28. The number of aryl methyl sites for hydroxylation is 1. The molecular formula is C19H18ClN3O2S. The molecule has 0 aliphatic rings. The maximum atomic E-state index is 12.6. The predicted molar refractivity (Wildman–Crippen MR) is 104 cm³/mol. The van der Waals surface area contributed by atoms with E-state index in [1.54, 1.807) is 35.8 Å². The molecule has 0 aliphatic carbocycles. The van der Waals surface area contributed by atoms with E-state index in [4.69, 9.17) is 11.6 Å². The van der Waals surface area contributed by atoms with Gasteiger partial charge in [0.05, 0.1) is 5.25 Å². The minimum absolute atomic E-state index is 0.0532. The largest absolute Gasteiger partial charge is 0.343 e. The van der Waals surface area contributed by atoms with E-state index in [1.807, 2.05) is 30.3 Å². The molecule has 0 bridgehead atoms. The van der Waals surface area contributed by atoms with Crippen molar-refractivity contribution in [3.05, 3.63) is 81.2 Å². The molecule has 7 heteroatoms. The van der Waals surface area contributed by atoms with Gasteiger partial charge >= 0.3 is 5.69 Å². The lowest BCUT2D eigenvalue weighted by atomic mass is 10.1. The molecule has 1 atom stereocenters. The van der Waals surface area contributed by atoms with Crippen LogP contribution in [0.15, 0.2) is 64.5 Å². The Bertz CT molecular complexity index is 953. The molecule has 0 fully saturated rings. The second-order valence-electron chi connectivity index (χ2n) is 5.83. The van der Waals surface area contributed by atoms with Crippen molar-refractivity contribution in [1.29, 1.82) is 0 Å². The Labute approximate surface area is 160 Å². The number of nitrogens with zero attached hydrogens (tertiary/aromatic N) is 2. The van der Waals surface area contributed by atoms with Crippen LogP contribution in [0, 0.1) is 0 Å². The molecule has 0 unspecified atom stereocenters. The second-order valence-corrected chi connectivity index (χ2v) is 7.58. The summed E-state index contributed by atoms with van der Waals surface area (Å²) in [5.41, 5.74) is 1.41. The molecule has 5 nitrogen and oxygen atoms in total. The summed E-state index contributed by atoms with van der Waals surface area (Å²) < 4.78 is 1.57. The molecular weight excluding hydrogens is 370 g/mol. The zero-order valence-corrected chi connectivity index (χ0v) is 15.8. The standard InChI is InChI=1S/C19H18ClN3O2S/c1-13(17(24)15-8-5-9-16(20)12-15)26-19-22-21-18(25)23(19)11-10-14-6-3-2-4-7-14/h2-9,12-13H,10-11H2,1H3,(H,21,25)/t13-/m1/s1. The fraction of sp³-hybridized carbons (Fsp3) is 0.211. The van der Waals surface area contributed by atoms with Gasteiger partial charge in [0, 0.05) is 17.1 Å². The van der Waals surface area contributed by atoms with E-state index in [9.17, 15) is 9.59 Å². The van der Waals surface area contributed by atoms with Crippen LogP contribution in [0.4, 0.5) is 0 Å².